The highest BCUT2D eigenvalue weighted by atomic mass is 79.9. The molecule has 1 fully saturated rings. The second-order valence-corrected chi connectivity index (χ2v) is 4.64. The molecule has 1 unspecified atom stereocenters. The molecule has 2 rings (SSSR count). The fraction of sp³-hybridized carbons (Fsp3) is 0.455. The van der Waals surface area contributed by atoms with Gasteiger partial charge < -0.3 is 10.1 Å². The van der Waals surface area contributed by atoms with E-state index in [1.807, 2.05) is 0 Å². The quantitative estimate of drug-likeness (QED) is 0.878. The normalized spacial score (nSPS) is 21.1. The Kier molecular flexibility index (Phi) is 3.08. The maximum absolute atomic E-state index is 5.32. The number of nitrogens with one attached hydrogen (secondary N) is 1. The first kappa shape index (κ1) is 9.99. The Morgan fingerprint density at radius 1 is 1.43 bits per heavy atom. The number of aryl methyl sites for hydroxylation is 1. The SMILES string of the molecule is Cc1cc(Br)cc(NC2CCOC2)c1. The number of rotatable bonds is 2. The molecule has 1 N–H and O–H groups in total. The Morgan fingerprint density at radius 2 is 2.29 bits per heavy atom. The van der Waals surface area contributed by atoms with E-state index in [2.05, 4.69) is 46.4 Å². The van der Waals surface area contributed by atoms with Crippen LogP contribution in [-0.2, 0) is 4.74 Å². The predicted molar refractivity (Wildman–Crippen MR) is 61.7 cm³/mol. The number of halogens is 1. The van der Waals surface area contributed by atoms with E-state index < -0.39 is 0 Å². The molecule has 0 bridgehead atoms. The molecule has 0 radical (unpaired) electrons. The summed E-state index contributed by atoms with van der Waals surface area (Å²) in [5, 5.41) is 3.47. The van der Waals surface area contributed by atoms with Crippen LogP contribution in [-0.4, -0.2) is 19.3 Å². The third-order valence-electron chi connectivity index (χ3n) is 2.34. The van der Waals surface area contributed by atoms with Crippen LogP contribution in [0.2, 0.25) is 0 Å². The van der Waals surface area contributed by atoms with Gasteiger partial charge in [0.2, 0.25) is 0 Å². The summed E-state index contributed by atoms with van der Waals surface area (Å²) in [6.07, 6.45) is 1.10. The molecule has 1 aliphatic rings. The van der Waals surface area contributed by atoms with Crippen molar-refractivity contribution in [2.45, 2.75) is 19.4 Å². The van der Waals surface area contributed by atoms with Crippen LogP contribution >= 0.6 is 15.9 Å². The first-order valence-electron chi connectivity index (χ1n) is 4.85. The van der Waals surface area contributed by atoms with E-state index in [9.17, 15) is 0 Å². The molecule has 0 aliphatic carbocycles. The lowest BCUT2D eigenvalue weighted by molar-refractivity contribution is 0.195. The van der Waals surface area contributed by atoms with Gasteiger partial charge in [-0.3, -0.25) is 0 Å². The molecule has 1 saturated heterocycles. The van der Waals surface area contributed by atoms with Crippen molar-refractivity contribution in [2.75, 3.05) is 18.5 Å². The van der Waals surface area contributed by atoms with Crippen molar-refractivity contribution in [3.63, 3.8) is 0 Å². The smallest absolute Gasteiger partial charge is 0.0668 e. The van der Waals surface area contributed by atoms with Crippen molar-refractivity contribution in [3.05, 3.63) is 28.2 Å². The van der Waals surface area contributed by atoms with Crippen LogP contribution in [0.3, 0.4) is 0 Å². The van der Waals surface area contributed by atoms with E-state index in [1.165, 1.54) is 11.3 Å². The fourth-order valence-electron chi connectivity index (χ4n) is 1.70. The minimum atomic E-state index is 0.476. The molecule has 1 aliphatic heterocycles. The summed E-state index contributed by atoms with van der Waals surface area (Å²) >= 11 is 3.49. The van der Waals surface area contributed by atoms with Crippen LogP contribution in [0.25, 0.3) is 0 Å². The standard InChI is InChI=1S/C11H14BrNO/c1-8-4-9(12)6-11(5-8)13-10-2-3-14-7-10/h4-6,10,13H,2-3,7H2,1H3. The van der Waals surface area contributed by atoms with Crippen LogP contribution in [0.15, 0.2) is 22.7 Å². The predicted octanol–water partition coefficient (Wildman–Crippen LogP) is 2.96. The number of anilines is 1. The Labute approximate surface area is 92.8 Å². The molecule has 0 aromatic heterocycles. The molecular formula is C11H14BrNO. The average molecular weight is 256 g/mol. The molecule has 1 atom stereocenters. The summed E-state index contributed by atoms with van der Waals surface area (Å²) in [6, 6.07) is 6.84. The van der Waals surface area contributed by atoms with Gasteiger partial charge in [-0.2, -0.15) is 0 Å². The van der Waals surface area contributed by atoms with E-state index >= 15 is 0 Å². The van der Waals surface area contributed by atoms with E-state index in [0.717, 1.165) is 24.1 Å². The largest absolute Gasteiger partial charge is 0.380 e. The molecule has 3 heteroatoms. The average Bonchev–Trinajstić information content (AvgIpc) is 2.54. The van der Waals surface area contributed by atoms with Crippen LogP contribution in [0, 0.1) is 6.92 Å². The molecular weight excluding hydrogens is 242 g/mol. The highest BCUT2D eigenvalue weighted by Gasteiger charge is 2.14. The number of benzene rings is 1. The molecule has 2 nitrogen and oxygen atoms in total. The van der Waals surface area contributed by atoms with E-state index in [-0.39, 0.29) is 0 Å². The van der Waals surface area contributed by atoms with Gasteiger partial charge in [0.15, 0.2) is 0 Å². The van der Waals surface area contributed by atoms with Crippen molar-refractivity contribution in [3.8, 4) is 0 Å². The van der Waals surface area contributed by atoms with Gasteiger partial charge in [-0.25, -0.2) is 0 Å². The Morgan fingerprint density at radius 3 is 2.93 bits per heavy atom. The minimum absolute atomic E-state index is 0.476. The zero-order chi connectivity index (χ0) is 9.97. The summed E-state index contributed by atoms with van der Waals surface area (Å²) in [5.41, 5.74) is 2.44. The van der Waals surface area contributed by atoms with Crippen molar-refractivity contribution < 1.29 is 4.74 Å². The van der Waals surface area contributed by atoms with E-state index in [1.54, 1.807) is 0 Å². The molecule has 0 spiro atoms. The van der Waals surface area contributed by atoms with Gasteiger partial charge in [0.1, 0.15) is 0 Å². The molecule has 1 heterocycles. The summed E-state index contributed by atoms with van der Waals surface area (Å²) in [7, 11) is 0. The van der Waals surface area contributed by atoms with Gasteiger partial charge >= 0.3 is 0 Å². The summed E-state index contributed by atoms with van der Waals surface area (Å²) in [4.78, 5) is 0. The second-order valence-electron chi connectivity index (χ2n) is 3.72. The van der Waals surface area contributed by atoms with Gasteiger partial charge in [0, 0.05) is 16.8 Å². The zero-order valence-electron chi connectivity index (χ0n) is 8.22. The monoisotopic (exact) mass is 255 g/mol. The fourth-order valence-corrected chi connectivity index (χ4v) is 2.31. The van der Waals surface area contributed by atoms with Crippen LogP contribution in [0.4, 0.5) is 5.69 Å². The van der Waals surface area contributed by atoms with Crippen LogP contribution in [0.5, 0.6) is 0 Å². The Hall–Kier alpha value is -0.540. The van der Waals surface area contributed by atoms with Gasteiger partial charge in [-0.15, -0.1) is 0 Å². The second kappa shape index (κ2) is 4.32. The molecule has 14 heavy (non-hydrogen) atoms. The topological polar surface area (TPSA) is 21.3 Å². The molecule has 76 valence electrons. The van der Waals surface area contributed by atoms with Gasteiger partial charge in [-0.1, -0.05) is 15.9 Å². The minimum Gasteiger partial charge on any atom is -0.380 e. The zero-order valence-corrected chi connectivity index (χ0v) is 9.80. The highest BCUT2D eigenvalue weighted by Crippen LogP contribution is 2.21. The van der Waals surface area contributed by atoms with E-state index in [4.69, 9.17) is 4.74 Å². The number of ether oxygens (including phenoxy) is 1. The summed E-state index contributed by atoms with van der Waals surface area (Å²) < 4.78 is 6.44. The third-order valence-corrected chi connectivity index (χ3v) is 2.80. The maximum Gasteiger partial charge on any atom is 0.0668 e. The first-order chi connectivity index (χ1) is 6.74. The van der Waals surface area contributed by atoms with E-state index in [0.29, 0.717) is 6.04 Å². The lowest BCUT2D eigenvalue weighted by Crippen LogP contribution is -2.18. The lowest BCUT2D eigenvalue weighted by atomic mass is 10.2. The molecule has 1 aromatic carbocycles. The molecule has 1 aromatic rings. The van der Waals surface area contributed by atoms with Crippen molar-refractivity contribution in [1.82, 2.24) is 0 Å². The van der Waals surface area contributed by atoms with Crippen LogP contribution < -0.4 is 5.32 Å². The Bertz CT molecular complexity index is 301. The molecule has 0 amide bonds. The van der Waals surface area contributed by atoms with Gasteiger partial charge in [-0.05, 0) is 37.1 Å². The summed E-state index contributed by atoms with van der Waals surface area (Å²) in [5.74, 6) is 0. The Balaban J connectivity index is 2.07. The first-order valence-corrected chi connectivity index (χ1v) is 5.65. The summed E-state index contributed by atoms with van der Waals surface area (Å²) in [6.45, 7) is 3.80. The number of hydrogen-bond acceptors (Lipinski definition) is 2. The lowest BCUT2D eigenvalue weighted by Gasteiger charge is -2.13. The van der Waals surface area contributed by atoms with Crippen molar-refractivity contribution in [2.24, 2.45) is 0 Å². The van der Waals surface area contributed by atoms with Gasteiger partial charge in [0.25, 0.3) is 0 Å². The maximum atomic E-state index is 5.32. The van der Waals surface area contributed by atoms with Crippen LogP contribution in [0.1, 0.15) is 12.0 Å². The van der Waals surface area contributed by atoms with Gasteiger partial charge in [0.05, 0.1) is 12.6 Å². The molecule has 0 saturated carbocycles. The third kappa shape index (κ3) is 2.49. The number of hydrogen-bond donors (Lipinski definition) is 1. The van der Waals surface area contributed by atoms with Crippen molar-refractivity contribution >= 4 is 21.6 Å². The highest BCUT2D eigenvalue weighted by molar-refractivity contribution is 9.10. The van der Waals surface area contributed by atoms with Crippen molar-refractivity contribution in [1.29, 1.82) is 0 Å².